The van der Waals surface area contributed by atoms with Crippen molar-refractivity contribution in [1.82, 2.24) is 0 Å². The first kappa shape index (κ1) is 15.5. The summed E-state index contributed by atoms with van der Waals surface area (Å²) in [7, 11) is 0. The quantitative estimate of drug-likeness (QED) is 0.742. The van der Waals surface area contributed by atoms with Crippen LogP contribution in [0.25, 0.3) is 0 Å². The molecule has 0 spiro atoms. The van der Waals surface area contributed by atoms with Gasteiger partial charge in [-0.15, -0.1) is 0 Å². The number of hydrogen-bond donors (Lipinski definition) is 2. The Morgan fingerprint density at radius 3 is 2.68 bits per heavy atom. The summed E-state index contributed by atoms with van der Waals surface area (Å²) < 4.78 is 5.17. The molecule has 0 aliphatic rings. The molecule has 1 rings (SSSR count). The summed E-state index contributed by atoms with van der Waals surface area (Å²) >= 11 is 0. The molecule has 0 aliphatic heterocycles. The number of esters is 1. The fourth-order valence-corrected chi connectivity index (χ4v) is 2.34. The second kappa shape index (κ2) is 7.14. The predicted molar refractivity (Wildman–Crippen MR) is 74.8 cm³/mol. The summed E-state index contributed by atoms with van der Waals surface area (Å²) in [4.78, 5) is 12.2. The second-order valence-electron chi connectivity index (χ2n) is 4.80. The minimum absolute atomic E-state index is 0.198. The number of aromatic hydroxyl groups is 1. The van der Waals surface area contributed by atoms with Gasteiger partial charge in [-0.2, -0.15) is 0 Å². The van der Waals surface area contributed by atoms with Crippen molar-refractivity contribution in [3.8, 4) is 5.75 Å². The molecule has 1 aromatic rings. The van der Waals surface area contributed by atoms with Crippen LogP contribution < -0.4 is 5.73 Å². The zero-order chi connectivity index (χ0) is 14.3. The smallest absolute Gasteiger partial charge is 0.313 e. The Morgan fingerprint density at radius 2 is 2.16 bits per heavy atom. The van der Waals surface area contributed by atoms with Crippen LogP contribution >= 0.6 is 0 Å². The summed E-state index contributed by atoms with van der Waals surface area (Å²) in [6.07, 6.45) is 2.03. The summed E-state index contributed by atoms with van der Waals surface area (Å²) in [5, 5.41) is 9.51. The number of nitrogens with two attached hydrogens (primary N) is 1. The minimum Gasteiger partial charge on any atom is -0.508 e. The van der Waals surface area contributed by atoms with Gasteiger partial charge in [-0.25, -0.2) is 0 Å². The van der Waals surface area contributed by atoms with E-state index < -0.39 is 5.41 Å². The first-order valence-corrected chi connectivity index (χ1v) is 6.73. The molecule has 0 amide bonds. The van der Waals surface area contributed by atoms with Crippen LogP contribution in [0.2, 0.25) is 0 Å². The molecular weight excluding hydrogens is 242 g/mol. The van der Waals surface area contributed by atoms with Gasteiger partial charge in [0.15, 0.2) is 0 Å². The second-order valence-corrected chi connectivity index (χ2v) is 4.80. The van der Waals surface area contributed by atoms with Crippen LogP contribution in [0.5, 0.6) is 5.75 Å². The van der Waals surface area contributed by atoms with Gasteiger partial charge in [-0.1, -0.05) is 25.5 Å². The molecule has 0 saturated heterocycles. The summed E-state index contributed by atoms with van der Waals surface area (Å²) in [6, 6.07) is 6.93. The number of ether oxygens (including phenoxy) is 1. The van der Waals surface area contributed by atoms with Crippen LogP contribution in [0.4, 0.5) is 0 Å². The van der Waals surface area contributed by atoms with E-state index in [0.717, 1.165) is 12.0 Å². The number of carbonyl (C=O) groups is 1. The van der Waals surface area contributed by atoms with Crippen LogP contribution in [0, 0.1) is 5.41 Å². The van der Waals surface area contributed by atoms with E-state index in [-0.39, 0.29) is 18.3 Å². The normalized spacial score (nSPS) is 13.8. The number of hydrogen-bond acceptors (Lipinski definition) is 4. The van der Waals surface area contributed by atoms with Crippen LogP contribution in [0.1, 0.15) is 32.3 Å². The lowest BCUT2D eigenvalue weighted by Crippen LogP contribution is -2.42. The number of carbonyl (C=O) groups excluding carboxylic acids is 1. The zero-order valence-electron chi connectivity index (χ0n) is 11.7. The fraction of sp³-hybridized carbons (Fsp3) is 0.533. The van der Waals surface area contributed by atoms with Gasteiger partial charge >= 0.3 is 5.97 Å². The molecule has 106 valence electrons. The molecule has 1 aromatic carbocycles. The van der Waals surface area contributed by atoms with Crippen molar-refractivity contribution >= 4 is 5.97 Å². The van der Waals surface area contributed by atoms with Gasteiger partial charge in [-0.05, 0) is 37.5 Å². The molecule has 0 radical (unpaired) electrons. The topological polar surface area (TPSA) is 72.5 Å². The molecule has 19 heavy (non-hydrogen) atoms. The van der Waals surface area contributed by atoms with Crippen molar-refractivity contribution in [3.63, 3.8) is 0 Å². The highest BCUT2D eigenvalue weighted by molar-refractivity contribution is 5.77. The lowest BCUT2D eigenvalue weighted by Gasteiger charge is -2.30. The molecular formula is C15H23NO3. The van der Waals surface area contributed by atoms with Gasteiger partial charge < -0.3 is 15.6 Å². The monoisotopic (exact) mass is 265 g/mol. The van der Waals surface area contributed by atoms with Gasteiger partial charge in [0.05, 0.1) is 12.0 Å². The van der Waals surface area contributed by atoms with E-state index in [2.05, 4.69) is 0 Å². The van der Waals surface area contributed by atoms with E-state index in [4.69, 9.17) is 10.5 Å². The number of rotatable bonds is 7. The number of benzene rings is 1. The molecule has 0 aliphatic carbocycles. The highest BCUT2D eigenvalue weighted by Crippen LogP contribution is 2.30. The molecule has 0 fully saturated rings. The van der Waals surface area contributed by atoms with Crippen molar-refractivity contribution in [2.24, 2.45) is 11.1 Å². The first-order chi connectivity index (χ1) is 9.07. The fourth-order valence-electron chi connectivity index (χ4n) is 2.34. The van der Waals surface area contributed by atoms with Crippen molar-refractivity contribution in [2.75, 3.05) is 13.2 Å². The largest absolute Gasteiger partial charge is 0.508 e. The Kier molecular flexibility index (Phi) is 5.83. The van der Waals surface area contributed by atoms with Gasteiger partial charge in [0.25, 0.3) is 0 Å². The SMILES string of the molecule is CCCC(CN)(Cc1cccc(O)c1)C(=O)OCC. The predicted octanol–water partition coefficient (Wildman–Crippen LogP) is 2.24. The molecule has 4 nitrogen and oxygen atoms in total. The third kappa shape index (κ3) is 3.96. The molecule has 0 bridgehead atoms. The third-order valence-electron chi connectivity index (χ3n) is 3.28. The Morgan fingerprint density at radius 1 is 1.42 bits per heavy atom. The summed E-state index contributed by atoms with van der Waals surface area (Å²) in [5.41, 5.74) is 6.05. The maximum absolute atomic E-state index is 12.2. The molecule has 0 saturated carbocycles. The highest BCUT2D eigenvalue weighted by atomic mass is 16.5. The van der Waals surface area contributed by atoms with Crippen molar-refractivity contribution < 1.29 is 14.6 Å². The van der Waals surface area contributed by atoms with Gasteiger partial charge in [0, 0.05) is 6.54 Å². The molecule has 0 aromatic heterocycles. The molecule has 1 unspecified atom stereocenters. The Hall–Kier alpha value is -1.55. The van der Waals surface area contributed by atoms with E-state index in [9.17, 15) is 9.90 Å². The van der Waals surface area contributed by atoms with Crippen LogP contribution in [-0.4, -0.2) is 24.2 Å². The van der Waals surface area contributed by atoms with Gasteiger partial charge in [-0.3, -0.25) is 4.79 Å². The van der Waals surface area contributed by atoms with E-state index in [1.807, 2.05) is 13.0 Å². The van der Waals surface area contributed by atoms with E-state index in [1.165, 1.54) is 0 Å². The number of phenols is 1. The maximum atomic E-state index is 12.2. The molecule has 3 N–H and O–H groups in total. The van der Waals surface area contributed by atoms with Crippen molar-refractivity contribution in [1.29, 1.82) is 0 Å². The lowest BCUT2D eigenvalue weighted by atomic mass is 9.78. The van der Waals surface area contributed by atoms with E-state index in [0.29, 0.717) is 19.4 Å². The molecule has 4 heteroatoms. The summed E-state index contributed by atoms with van der Waals surface area (Å²) in [6.45, 7) is 4.41. The Balaban J connectivity index is 2.99. The molecule has 0 heterocycles. The van der Waals surface area contributed by atoms with Crippen molar-refractivity contribution in [3.05, 3.63) is 29.8 Å². The molecule has 1 atom stereocenters. The third-order valence-corrected chi connectivity index (χ3v) is 3.28. The van der Waals surface area contributed by atoms with E-state index >= 15 is 0 Å². The van der Waals surface area contributed by atoms with E-state index in [1.54, 1.807) is 25.1 Å². The Bertz CT molecular complexity index is 420. The van der Waals surface area contributed by atoms with Crippen LogP contribution in [-0.2, 0) is 16.0 Å². The van der Waals surface area contributed by atoms with Gasteiger partial charge in [0.1, 0.15) is 5.75 Å². The minimum atomic E-state index is -0.696. The standard InChI is InChI=1S/C15H23NO3/c1-3-8-15(11-16,14(18)19-4-2)10-12-6-5-7-13(17)9-12/h5-7,9,17H,3-4,8,10-11,16H2,1-2H3. The average molecular weight is 265 g/mol. The van der Waals surface area contributed by atoms with Crippen molar-refractivity contribution in [2.45, 2.75) is 33.1 Å². The lowest BCUT2D eigenvalue weighted by molar-refractivity contribution is -0.155. The Labute approximate surface area is 114 Å². The maximum Gasteiger partial charge on any atom is 0.313 e. The van der Waals surface area contributed by atoms with Crippen LogP contribution in [0.3, 0.4) is 0 Å². The average Bonchev–Trinajstić information content (AvgIpc) is 2.38. The number of phenolic OH excluding ortho intramolecular Hbond substituents is 1. The summed E-state index contributed by atoms with van der Waals surface area (Å²) in [5.74, 6) is -0.0496. The zero-order valence-corrected chi connectivity index (χ0v) is 11.7. The van der Waals surface area contributed by atoms with Gasteiger partial charge in [0.2, 0.25) is 0 Å². The highest BCUT2D eigenvalue weighted by Gasteiger charge is 2.37. The van der Waals surface area contributed by atoms with Crippen LogP contribution in [0.15, 0.2) is 24.3 Å². The first-order valence-electron chi connectivity index (χ1n) is 6.73.